The van der Waals surface area contributed by atoms with Gasteiger partial charge in [-0.15, -0.1) is 39.5 Å². The number of benzene rings is 1. The Bertz CT molecular complexity index is 623. The van der Waals surface area contributed by atoms with E-state index < -0.39 is 11.1 Å². The van der Waals surface area contributed by atoms with E-state index >= 15 is 0 Å². The standard InChI is InChI=1S/C18H30N3S.C6H6O2S/c1-7-13-19(14-8-2)22(20(15-9-3)16-10-4)21(17-11-5)18-12-6;7-9(8)6-4-2-1-3-5-6/h7-12H,1-6,13-18H2;1-5H,(H,7,8)/q+1;/p-1. The van der Waals surface area contributed by atoms with Crippen LogP contribution >= 0.6 is 0 Å². The predicted octanol–water partition coefficient (Wildman–Crippen LogP) is 4.30. The van der Waals surface area contributed by atoms with Crippen LogP contribution in [-0.4, -0.2) is 60.9 Å². The van der Waals surface area contributed by atoms with Gasteiger partial charge >= 0.3 is 0 Å². The summed E-state index contributed by atoms with van der Waals surface area (Å²) in [5, 5.41) is 0. The summed E-state index contributed by atoms with van der Waals surface area (Å²) < 4.78 is 27.4. The quantitative estimate of drug-likeness (QED) is 0.209. The number of hydrogen-bond acceptors (Lipinski definition) is 5. The van der Waals surface area contributed by atoms with Crippen LogP contribution in [0.4, 0.5) is 0 Å². The van der Waals surface area contributed by atoms with Gasteiger partial charge in [-0.2, -0.15) is 0 Å². The van der Waals surface area contributed by atoms with Crippen molar-refractivity contribution in [1.82, 2.24) is 12.9 Å². The lowest BCUT2D eigenvalue weighted by Gasteiger charge is -2.31. The summed E-state index contributed by atoms with van der Waals surface area (Å²) in [6, 6.07) is 8.23. The number of hydrogen-bond donors (Lipinski definition) is 0. The zero-order valence-electron chi connectivity index (χ0n) is 18.3. The van der Waals surface area contributed by atoms with Crippen LogP contribution in [0.25, 0.3) is 0 Å². The van der Waals surface area contributed by atoms with Gasteiger partial charge in [-0.3, -0.25) is 4.21 Å². The van der Waals surface area contributed by atoms with Gasteiger partial charge in [-0.25, -0.2) is 0 Å². The molecule has 1 unspecified atom stereocenters. The second kappa shape index (κ2) is 18.7. The highest BCUT2D eigenvalue weighted by Crippen LogP contribution is 2.18. The molecule has 31 heavy (non-hydrogen) atoms. The van der Waals surface area contributed by atoms with E-state index in [1.54, 1.807) is 30.3 Å². The van der Waals surface area contributed by atoms with Crippen molar-refractivity contribution >= 4 is 22.5 Å². The average molecular weight is 462 g/mol. The van der Waals surface area contributed by atoms with Gasteiger partial charge < -0.3 is 4.55 Å². The molecule has 0 radical (unpaired) electrons. The second-order valence-electron chi connectivity index (χ2n) is 6.07. The molecule has 0 amide bonds. The summed E-state index contributed by atoms with van der Waals surface area (Å²) >= 11 is -2.34. The summed E-state index contributed by atoms with van der Waals surface area (Å²) in [6.45, 7) is 28.0. The van der Waals surface area contributed by atoms with E-state index in [2.05, 4.69) is 52.4 Å². The maximum atomic E-state index is 10.2. The van der Waals surface area contributed by atoms with Crippen molar-refractivity contribution in [1.29, 1.82) is 0 Å². The monoisotopic (exact) mass is 461 g/mol. The zero-order chi connectivity index (χ0) is 23.5. The Morgan fingerprint density at radius 1 is 0.677 bits per heavy atom. The molecule has 0 fully saturated rings. The third-order valence-electron chi connectivity index (χ3n) is 3.62. The normalized spacial score (nSPS) is 11.5. The molecule has 5 nitrogen and oxygen atoms in total. The van der Waals surface area contributed by atoms with Crippen molar-refractivity contribution < 1.29 is 8.76 Å². The minimum absolute atomic E-state index is 0.265. The van der Waals surface area contributed by atoms with Gasteiger partial charge in [-0.05, 0) is 23.2 Å². The number of rotatable bonds is 16. The fourth-order valence-corrected chi connectivity index (χ4v) is 5.30. The fraction of sp³-hybridized carbons (Fsp3) is 0.250. The van der Waals surface area contributed by atoms with Crippen LogP contribution in [0.2, 0.25) is 0 Å². The van der Waals surface area contributed by atoms with Crippen LogP contribution in [0.15, 0.2) is 111 Å². The Morgan fingerprint density at radius 3 is 1.16 bits per heavy atom. The summed E-state index contributed by atoms with van der Waals surface area (Å²) in [7, 11) is 0. The second-order valence-corrected chi connectivity index (χ2v) is 9.05. The molecule has 0 saturated carbocycles. The highest BCUT2D eigenvalue weighted by molar-refractivity contribution is 7.90. The van der Waals surface area contributed by atoms with Gasteiger partial charge in [0.15, 0.2) is 0 Å². The molecule has 7 heteroatoms. The average Bonchev–Trinajstić information content (AvgIpc) is 2.76. The first kappa shape index (κ1) is 29.0. The van der Waals surface area contributed by atoms with Crippen LogP contribution in [0, 0.1) is 0 Å². The molecular formula is C24H35N3O2S2. The molecule has 170 valence electrons. The van der Waals surface area contributed by atoms with Gasteiger partial charge in [0.1, 0.15) is 0 Å². The molecule has 1 aromatic carbocycles. The summed E-state index contributed by atoms with van der Waals surface area (Å²) in [6.07, 6.45) is 11.5. The minimum atomic E-state index is -2.08. The molecule has 0 aliphatic rings. The lowest BCUT2D eigenvalue weighted by Crippen LogP contribution is -2.54. The van der Waals surface area contributed by atoms with Crippen molar-refractivity contribution in [2.75, 3.05) is 39.3 Å². The van der Waals surface area contributed by atoms with Crippen LogP contribution in [0.5, 0.6) is 0 Å². The molecule has 0 bridgehead atoms. The first-order chi connectivity index (χ1) is 15.0. The Balaban J connectivity index is 0.000000823. The molecule has 0 saturated heterocycles. The Morgan fingerprint density at radius 2 is 0.968 bits per heavy atom. The predicted molar refractivity (Wildman–Crippen MR) is 137 cm³/mol. The first-order valence-electron chi connectivity index (χ1n) is 9.79. The number of nitrogens with zero attached hydrogens (tertiary/aromatic N) is 3. The maximum absolute atomic E-state index is 10.2. The first-order valence-corrected chi connectivity index (χ1v) is 12.0. The maximum Gasteiger partial charge on any atom is 0.269 e. The van der Waals surface area contributed by atoms with Crippen molar-refractivity contribution in [3.63, 3.8) is 0 Å². The van der Waals surface area contributed by atoms with E-state index in [1.807, 2.05) is 36.5 Å². The highest BCUT2D eigenvalue weighted by Gasteiger charge is 2.40. The molecule has 0 N–H and O–H groups in total. The van der Waals surface area contributed by atoms with Gasteiger partial charge in [0.25, 0.3) is 11.5 Å². The van der Waals surface area contributed by atoms with E-state index in [0.717, 1.165) is 39.3 Å². The molecule has 0 spiro atoms. The van der Waals surface area contributed by atoms with Crippen molar-refractivity contribution in [3.05, 3.63) is 106 Å². The van der Waals surface area contributed by atoms with E-state index in [4.69, 9.17) is 0 Å². The molecule has 0 aliphatic carbocycles. The molecule has 0 aliphatic heterocycles. The van der Waals surface area contributed by atoms with Crippen LogP contribution in [0.1, 0.15) is 0 Å². The molecule has 0 heterocycles. The lowest BCUT2D eigenvalue weighted by molar-refractivity contribution is 0.411. The Hall–Kier alpha value is -2.00. The summed E-state index contributed by atoms with van der Waals surface area (Å²) in [5.74, 6) is 0. The molecule has 0 aromatic heterocycles. The van der Waals surface area contributed by atoms with Crippen molar-refractivity contribution in [2.24, 2.45) is 0 Å². The Labute approximate surface area is 194 Å². The zero-order valence-corrected chi connectivity index (χ0v) is 19.9. The third-order valence-corrected chi connectivity index (χ3v) is 6.56. The van der Waals surface area contributed by atoms with E-state index in [1.165, 1.54) is 0 Å². The minimum Gasteiger partial charge on any atom is -0.768 e. The largest absolute Gasteiger partial charge is 0.768 e. The molecule has 1 rings (SSSR count). The summed E-state index contributed by atoms with van der Waals surface area (Å²) in [4.78, 5) is 0.331. The van der Waals surface area contributed by atoms with Crippen LogP contribution in [0.3, 0.4) is 0 Å². The van der Waals surface area contributed by atoms with Crippen LogP contribution in [-0.2, 0) is 22.5 Å². The van der Waals surface area contributed by atoms with Gasteiger partial charge in [0.2, 0.25) is 0 Å². The van der Waals surface area contributed by atoms with Crippen LogP contribution < -0.4 is 0 Å². The lowest BCUT2D eigenvalue weighted by atomic mass is 10.4. The summed E-state index contributed by atoms with van der Waals surface area (Å²) in [5.41, 5.74) is 0. The van der Waals surface area contributed by atoms with Crippen molar-refractivity contribution in [2.45, 2.75) is 4.90 Å². The third kappa shape index (κ3) is 11.8. The van der Waals surface area contributed by atoms with Gasteiger partial charge in [0, 0.05) is 4.90 Å². The van der Waals surface area contributed by atoms with E-state index in [-0.39, 0.29) is 11.5 Å². The fourth-order valence-electron chi connectivity index (χ4n) is 2.51. The topological polar surface area (TPSA) is 49.8 Å². The van der Waals surface area contributed by atoms with E-state index in [9.17, 15) is 8.76 Å². The smallest absolute Gasteiger partial charge is 0.269 e. The highest BCUT2D eigenvalue weighted by atomic mass is 32.2. The molecular weight excluding hydrogens is 426 g/mol. The van der Waals surface area contributed by atoms with E-state index in [0.29, 0.717) is 4.90 Å². The van der Waals surface area contributed by atoms with Gasteiger partial charge in [-0.1, -0.05) is 67.6 Å². The molecule has 1 atom stereocenters. The van der Waals surface area contributed by atoms with Gasteiger partial charge in [0.05, 0.1) is 39.3 Å². The molecule has 1 aromatic rings. The SMILES string of the molecule is C=CCN(CC=C)[S+](N(CC=C)CC=C)N(CC=C)CC=C.O=S([O-])c1ccccc1. The Kier molecular flexibility index (Phi) is 17.5. The van der Waals surface area contributed by atoms with Crippen molar-refractivity contribution in [3.8, 4) is 0 Å².